The first-order valence-electron chi connectivity index (χ1n) is 7.14. The Morgan fingerprint density at radius 1 is 1.65 bits per heavy atom. The van der Waals surface area contributed by atoms with Crippen LogP contribution in [0.25, 0.3) is 0 Å². The molecule has 1 aliphatic rings. The van der Waals surface area contributed by atoms with Gasteiger partial charge in [0, 0.05) is 19.2 Å². The molecule has 7 heteroatoms. The smallest absolute Gasteiger partial charge is 0.230 e. The highest BCUT2D eigenvalue weighted by atomic mass is 32.2. The van der Waals surface area contributed by atoms with Crippen LogP contribution in [0, 0.1) is 5.92 Å². The molecule has 0 radical (unpaired) electrons. The first kappa shape index (κ1) is 15.3. The Balaban J connectivity index is 1.70. The summed E-state index contributed by atoms with van der Waals surface area (Å²) in [6, 6.07) is 0.532. The Morgan fingerprint density at radius 2 is 2.45 bits per heavy atom. The third kappa shape index (κ3) is 4.49. The van der Waals surface area contributed by atoms with Crippen LogP contribution in [0.3, 0.4) is 0 Å². The quantitative estimate of drug-likeness (QED) is 0.670. The number of aromatic nitrogens is 3. The third-order valence-electron chi connectivity index (χ3n) is 3.52. The highest BCUT2D eigenvalue weighted by molar-refractivity contribution is 7.99. The summed E-state index contributed by atoms with van der Waals surface area (Å²) in [7, 11) is 0. The second-order valence-corrected chi connectivity index (χ2v) is 6.07. The number of nitrogens with one attached hydrogen (secondary N) is 1. The molecule has 1 aliphatic carbocycles. The Kier molecular flexibility index (Phi) is 5.85. The maximum absolute atomic E-state index is 11.8. The van der Waals surface area contributed by atoms with Crippen molar-refractivity contribution in [1.29, 1.82) is 0 Å². The summed E-state index contributed by atoms with van der Waals surface area (Å²) in [6.45, 7) is 2.87. The minimum absolute atomic E-state index is 0.0109. The van der Waals surface area contributed by atoms with Gasteiger partial charge in [-0.1, -0.05) is 25.1 Å². The number of nitrogens with zero attached hydrogens (tertiary/aromatic N) is 3. The number of aliphatic hydroxyl groups excluding tert-OH is 1. The monoisotopic (exact) mass is 298 g/mol. The lowest BCUT2D eigenvalue weighted by atomic mass is 10.0. The fraction of sp³-hybridized carbons (Fsp3) is 0.769. The van der Waals surface area contributed by atoms with E-state index in [0.717, 1.165) is 18.0 Å². The van der Waals surface area contributed by atoms with Crippen LogP contribution in [0.2, 0.25) is 0 Å². The molecule has 1 aromatic heterocycles. The number of amides is 1. The third-order valence-corrected chi connectivity index (χ3v) is 4.47. The summed E-state index contributed by atoms with van der Waals surface area (Å²) in [4.78, 5) is 11.8. The van der Waals surface area contributed by atoms with Crippen molar-refractivity contribution in [2.45, 2.75) is 43.8 Å². The molecule has 1 heterocycles. The van der Waals surface area contributed by atoms with Gasteiger partial charge in [0.1, 0.15) is 6.33 Å². The number of aliphatic hydroxyl groups is 1. The fourth-order valence-corrected chi connectivity index (χ4v) is 2.82. The predicted molar refractivity (Wildman–Crippen MR) is 77.5 cm³/mol. The van der Waals surface area contributed by atoms with Crippen LogP contribution < -0.4 is 5.32 Å². The van der Waals surface area contributed by atoms with Gasteiger partial charge in [0.05, 0.1) is 5.75 Å². The van der Waals surface area contributed by atoms with Gasteiger partial charge in [-0.2, -0.15) is 0 Å². The van der Waals surface area contributed by atoms with Gasteiger partial charge in [-0.3, -0.25) is 4.79 Å². The van der Waals surface area contributed by atoms with Crippen molar-refractivity contribution in [1.82, 2.24) is 20.1 Å². The van der Waals surface area contributed by atoms with E-state index in [9.17, 15) is 4.79 Å². The van der Waals surface area contributed by atoms with Crippen molar-refractivity contribution < 1.29 is 9.90 Å². The standard InChI is InChI=1S/C13H22N4O2S/c1-2-10(5-6-18)7-14-12(19)8-20-13-16-15-9-17(13)11-3-4-11/h9-11,18H,2-8H2,1H3,(H,14,19). The van der Waals surface area contributed by atoms with Gasteiger partial charge >= 0.3 is 0 Å². The average molecular weight is 298 g/mol. The van der Waals surface area contributed by atoms with E-state index in [1.54, 1.807) is 6.33 Å². The first-order chi connectivity index (χ1) is 9.74. The maximum atomic E-state index is 11.8. The maximum Gasteiger partial charge on any atom is 0.230 e. The molecule has 2 rings (SSSR count). The molecule has 1 amide bonds. The molecular weight excluding hydrogens is 276 g/mol. The molecule has 1 saturated carbocycles. The first-order valence-corrected chi connectivity index (χ1v) is 8.13. The van der Waals surface area contributed by atoms with Crippen molar-refractivity contribution in [3.8, 4) is 0 Å². The van der Waals surface area contributed by atoms with Gasteiger partial charge in [-0.15, -0.1) is 10.2 Å². The molecule has 0 aromatic carbocycles. The minimum atomic E-state index is 0.0109. The van der Waals surface area contributed by atoms with Crippen LogP contribution in [0.4, 0.5) is 0 Å². The van der Waals surface area contributed by atoms with E-state index in [-0.39, 0.29) is 12.5 Å². The van der Waals surface area contributed by atoms with Gasteiger partial charge in [-0.25, -0.2) is 0 Å². The van der Waals surface area contributed by atoms with Crippen LogP contribution in [-0.4, -0.2) is 44.7 Å². The number of thioether (sulfide) groups is 1. The molecule has 0 bridgehead atoms. The van der Waals surface area contributed by atoms with Crippen LogP contribution in [-0.2, 0) is 4.79 Å². The van der Waals surface area contributed by atoms with Gasteiger partial charge in [-0.05, 0) is 25.2 Å². The van der Waals surface area contributed by atoms with Gasteiger partial charge in [0.25, 0.3) is 0 Å². The number of rotatable bonds is 9. The Labute approximate surface area is 123 Å². The lowest BCUT2D eigenvalue weighted by molar-refractivity contribution is -0.118. The normalized spacial score (nSPS) is 16.1. The van der Waals surface area contributed by atoms with Crippen LogP contribution in [0.1, 0.15) is 38.6 Å². The molecule has 6 nitrogen and oxygen atoms in total. The van der Waals surface area contributed by atoms with Crippen molar-refractivity contribution in [3.63, 3.8) is 0 Å². The Hall–Kier alpha value is -1.08. The number of carbonyl (C=O) groups is 1. The van der Waals surface area contributed by atoms with Crippen molar-refractivity contribution in [3.05, 3.63) is 6.33 Å². The molecular formula is C13H22N4O2S. The average Bonchev–Trinajstić information content (AvgIpc) is 3.20. The highest BCUT2D eigenvalue weighted by Gasteiger charge is 2.26. The van der Waals surface area contributed by atoms with E-state index >= 15 is 0 Å². The largest absolute Gasteiger partial charge is 0.396 e. The number of hydrogen-bond donors (Lipinski definition) is 2. The Morgan fingerprint density at radius 3 is 3.10 bits per heavy atom. The zero-order chi connectivity index (χ0) is 14.4. The lowest BCUT2D eigenvalue weighted by Gasteiger charge is -2.14. The molecule has 20 heavy (non-hydrogen) atoms. The second-order valence-electron chi connectivity index (χ2n) is 5.13. The van der Waals surface area contributed by atoms with Crippen molar-refractivity contribution >= 4 is 17.7 Å². The van der Waals surface area contributed by atoms with E-state index in [0.29, 0.717) is 24.3 Å². The molecule has 0 aliphatic heterocycles. The molecule has 0 saturated heterocycles. The van der Waals surface area contributed by atoms with Crippen molar-refractivity contribution in [2.75, 3.05) is 18.9 Å². The zero-order valence-electron chi connectivity index (χ0n) is 11.8. The van der Waals surface area contributed by atoms with Gasteiger partial charge < -0.3 is 15.0 Å². The van der Waals surface area contributed by atoms with Gasteiger partial charge in [0.15, 0.2) is 5.16 Å². The summed E-state index contributed by atoms with van der Waals surface area (Å²) < 4.78 is 2.05. The predicted octanol–water partition coefficient (Wildman–Crippen LogP) is 1.23. The molecule has 2 N–H and O–H groups in total. The van der Waals surface area contributed by atoms with Gasteiger partial charge in [0.2, 0.25) is 5.91 Å². The lowest BCUT2D eigenvalue weighted by Crippen LogP contribution is -2.30. The highest BCUT2D eigenvalue weighted by Crippen LogP contribution is 2.37. The van der Waals surface area contributed by atoms with Crippen molar-refractivity contribution in [2.24, 2.45) is 5.92 Å². The van der Waals surface area contributed by atoms with Crippen LogP contribution in [0.15, 0.2) is 11.5 Å². The number of hydrogen-bond acceptors (Lipinski definition) is 5. The fourth-order valence-electron chi connectivity index (χ4n) is 2.01. The summed E-state index contributed by atoms with van der Waals surface area (Å²) in [6.07, 6.45) is 5.80. The minimum Gasteiger partial charge on any atom is -0.396 e. The SMILES string of the molecule is CCC(CCO)CNC(=O)CSc1nncn1C1CC1. The van der Waals surface area contributed by atoms with E-state index in [2.05, 4.69) is 27.0 Å². The summed E-state index contributed by atoms with van der Waals surface area (Å²) in [5, 5.41) is 20.6. The topological polar surface area (TPSA) is 80.0 Å². The molecule has 1 fully saturated rings. The van der Waals surface area contributed by atoms with Crippen LogP contribution >= 0.6 is 11.8 Å². The summed E-state index contributed by atoms with van der Waals surface area (Å²) in [5.41, 5.74) is 0. The molecule has 1 atom stereocenters. The summed E-state index contributed by atoms with van der Waals surface area (Å²) in [5.74, 6) is 0.724. The molecule has 1 unspecified atom stereocenters. The number of carbonyl (C=O) groups excluding carboxylic acids is 1. The molecule has 0 spiro atoms. The Bertz CT molecular complexity index is 434. The van der Waals surface area contributed by atoms with E-state index in [1.165, 1.54) is 24.6 Å². The van der Waals surface area contributed by atoms with E-state index < -0.39 is 0 Å². The molecule has 112 valence electrons. The summed E-state index contributed by atoms with van der Waals surface area (Å²) >= 11 is 1.43. The van der Waals surface area contributed by atoms with Crippen LogP contribution in [0.5, 0.6) is 0 Å². The van der Waals surface area contributed by atoms with E-state index in [4.69, 9.17) is 5.11 Å². The second kappa shape index (κ2) is 7.64. The van der Waals surface area contributed by atoms with E-state index in [1.807, 2.05) is 0 Å². The zero-order valence-corrected chi connectivity index (χ0v) is 12.6. The molecule has 1 aromatic rings.